The number of benzene rings is 2. The van der Waals surface area contributed by atoms with Crippen LogP contribution in [-0.4, -0.2) is 34.2 Å². The summed E-state index contributed by atoms with van der Waals surface area (Å²) in [6, 6.07) is 16.5. The summed E-state index contributed by atoms with van der Waals surface area (Å²) >= 11 is 0. The first-order valence-electron chi connectivity index (χ1n) is 8.17. The van der Waals surface area contributed by atoms with Crippen LogP contribution in [0.25, 0.3) is 5.69 Å². The fourth-order valence-corrected chi connectivity index (χ4v) is 2.97. The topological polar surface area (TPSA) is 61.5 Å². The van der Waals surface area contributed by atoms with Crippen LogP contribution in [0.2, 0.25) is 0 Å². The molecule has 25 heavy (non-hydrogen) atoms. The molecule has 1 aromatic heterocycles. The molecular weight excluding hydrogens is 316 g/mol. The second-order valence-corrected chi connectivity index (χ2v) is 5.58. The first-order chi connectivity index (χ1) is 12.3. The molecule has 0 saturated heterocycles. The number of aromatic nitrogens is 3. The molecule has 1 aliphatic heterocycles. The summed E-state index contributed by atoms with van der Waals surface area (Å²) in [5.74, 6) is 1.53. The van der Waals surface area contributed by atoms with Crippen LogP contribution in [0.1, 0.15) is 23.9 Å². The molecule has 3 aromatic rings. The van der Waals surface area contributed by atoms with Gasteiger partial charge in [0.2, 0.25) is 0 Å². The molecule has 0 aliphatic carbocycles. The van der Waals surface area contributed by atoms with Crippen molar-refractivity contribution in [3.05, 3.63) is 65.5 Å². The van der Waals surface area contributed by atoms with E-state index in [1.165, 1.54) is 0 Å². The second kappa shape index (κ2) is 6.39. The van der Waals surface area contributed by atoms with Crippen LogP contribution < -0.4 is 9.47 Å². The third-order valence-corrected chi connectivity index (χ3v) is 4.10. The maximum Gasteiger partial charge on any atom is 0.321 e. The van der Waals surface area contributed by atoms with Gasteiger partial charge in [0.05, 0.1) is 25.1 Å². The van der Waals surface area contributed by atoms with Crippen LogP contribution in [-0.2, 0) is 6.54 Å². The van der Waals surface area contributed by atoms with E-state index in [4.69, 9.17) is 14.5 Å². The first-order valence-corrected chi connectivity index (χ1v) is 8.17. The molecule has 0 N–H and O–H groups in total. The van der Waals surface area contributed by atoms with Crippen LogP contribution in [0.3, 0.4) is 0 Å². The summed E-state index contributed by atoms with van der Waals surface area (Å²) in [4.78, 5) is 4.81. The molecule has 126 valence electrons. The van der Waals surface area contributed by atoms with E-state index in [2.05, 4.69) is 22.3 Å². The van der Waals surface area contributed by atoms with Crippen molar-refractivity contribution >= 4 is 5.71 Å². The van der Waals surface area contributed by atoms with Crippen molar-refractivity contribution in [2.24, 2.45) is 4.99 Å². The third-order valence-electron chi connectivity index (χ3n) is 4.10. The molecule has 0 unspecified atom stereocenters. The molecule has 2 heterocycles. The normalized spacial score (nSPS) is 12.6. The first kappa shape index (κ1) is 15.4. The maximum atomic E-state index is 5.66. The van der Waals surface area contributed by atoms with Gasteiger partial charge in [-0.25, -0.2) is 4.57 Å². The fraction of sp³-hybridized carbons (Fsp3) is 0.211. The third kappa shape index (κ3) is 2.65. The molecule has 0 bridgehead atoms. The Morgan fingerprint density at radius 3 is 2.68 bits per heavy atom. The van der Waals surface area contributed by atoms with Crippen molar-refractivity contribution in [3.63, 3.8) is 0 Å². The van der Waals surface area contributed by atoms with Crippen LogP contribution in [0.4, 0.5) is 0 Å². The van der Waals surface area contributed by atoms with Gasteiger partial charge in [-0.2, -0.15) is 0 Å². The highest BCUT2D eigenvalue weighted by Gasteiger charge is 2.24. The van der Waals surface area contributed by atoms with Gasteiger partial charge in [-0.1, -0.05) is 35.4 Å². The highest BCUT2D eigenvalue weighted by molar-refractivity contribution is 6.15. The molecule has 4 rings (SSSR count). The average molecular weight is 334 g/mol. The number of ether oxygens (including phenoxy) is 2. The molecule has 0 atom stereocenters. The van der Waals surface area contributed by atoms with Gasteiger partial charge in [-0.15, -0.1) is 5.10 Å². The SMILES string of the molecule is CCOc1nnc2n1-c1ccc(OC)cc1C(c1ccccc1)=NC2. The Labute approximate surface area is 145 Å². The highest BCUT2D eigenvalue weighted by atomic mass is 16.5. The minimum absolute atomic E-state index is 0.432. The largest absolute Gasteiger partial charge is 0.497 e. The van der Waals surface area contributed by atoms with Gasteiger partial charge in [0.1, 0.15) is 12.3 Å². The van der Waals surface area contributed by atoms with Crippen molar-refractivity contribution < 1.29 is 9.47 Å². The smallest absolute Gasteiger partial charge is 0.321 e. The molecule has 0 saturated carbocycles. The lowest BCUT2D eigenvalue weighted by Gasteiger charge is -2.14. The minimum atomic E-state index is 0.432. The van der Waals surface area contributed by atoms with Gasteiger partial charge in [0.15, 0.2) is 5.82 Å². The zero-order valence-corrected chi connectivity index (χ0v) is 14.1. The van der Waals surface area contributed by atoms with Crippen molar-refractivity contribution in [2.45, 2.75) is 13.5 Å². The average Bonchev–Trinajstić information content (AvgIpc) is 2.97. The van der Waals surface area contributed by atoms with Crippen LogP contribution in [0.15, 0.2) is 53.5 Å². The summed E-state index contributed by atoms with van der Waals surface area (Å²) in [5, 5.41) is 8.41. The number of methoxy groups -OCH3 is 1. The van der Waals surface area contributed by atoms with Gasteiger partial charge < -0.3 is 9.47 Å². The number of fused-ring (bicyclic) bond motifs is 3. The minimum Gasteiger partial charge on any atom is -0.497 e. The summed E-state index contributed by atoms with van der Waals surface area (Å²) in [6.07, 6.45) is 0. The summed E-state index contributed by atoms with van der Waals surface area (Å²) < 4.78 is 13.0. The Morgan fingerprint density at radius 2 is 1.92 bits per heavy atom. The molecule has 0 spiro atoms. The van der Waals surface area contributed by atoms with Gasteiger partial charge in [0, 0.05) is 11.1 Å². The monoisotopic (exact) mass is 334 g/mol. The predicted octanol–water partition coefficient (Wildman–Crippen LogP) is 3.03. The van der Waals surface area contributed by atoms with Gasteiger partial charge in [-0.05, 0) is 25.1 Å². The van der Waals surface area contributed by atoms with Gasteiger partial charge in [0.25, 0.3) is 0 Å². The van der Waals surface area contributed by atoms with E-state index in [0.717, 1.165) is 34.1 Å². The molecular formula is C19H18N4O2. The van der Waals surface area contributed by atoms with Crippen LogP contribution in [0.5, 0.6) is 11.8 Å². The van der Waals surface area contributed by atoms with Crippen LogP contribution >= 0.6 is 0 Å². The van der Waals surface area contributed by atoms with Crippen molar-refractivity contribution in [2.75, 3.05) is 13.7 Å². The number of nitrogens with zero attached hydrogens (tertiary/aromatic N) is 4. The van der Waals surface area contributed by atoms with E-state index in [9.17, 15) is 0 Å². The number of hydrogen-bond acceptors (Lipinski definition) is 5. The second-order valence-electron chi connectivity index (χ2n) is 5.58. The van der Waals surface area contributed by atoms with Crippen molar-refractivity contribution in [3.8, 4) is 17.4 Å². The Morgan fingerprint density at radius 1 is 1.08 bits per heavy atom. The molecule has 0 fully saturated rings. The zero-order chi connectivity index (χ0) is 17.2. The quantitative estimate of drug-likeness (QED) is 0.736. The number of aliphatic imine (C=N–C) groups is 1. The highest BCUT2D eigenvalue weighted by Crippen LogP contribution is 2.30. The van der Waals surface area contributed by atoms with Gasteiger partial charge in [-0.3, -0.25) is 4.99 Å². The lowest BCUT2D eigenvalue weighted by molar-refractivity contribution is 0.306. The number of rotatable bonds is 4. The fourth-order valence-electron chi connectivity index (χ4n) is 2.97. The molecule has 0 amide bonds. The zero-order valence-electron chi connectivity index (χ0n) is 14.1. The van der Waals surface area contributed by atoms with Crippen molar-refractivity contribution in [1.82, 2.24) is 14.8 Å². The summed E-state index contributed by atoms with van der Waals surface area (Å²) in [5.41, 5.74) is 3.85. The molecule has 2 aromatic carbocycles. The lowest BCUT2D eigenvalue weighted by atomic mass is 10.00. The standard InChI is InChI=1S/C19H18N4O2/c1-3-25-19-22-21-17-12-20-18(13-7-5-4-6-8-13)15-11-14(24-2)9-10-16(15)23(17)19/h4-11H,3,12H2,1-2H3. The van der Waals surface area contributed by atoms with Crippen LogP contribution in [0, 0.1) is 0 Å². The molecule has 1 aliphatic rings. The Hall–Kier alpha value is -3.15. The Kier molecular flexibility index (Phi) is 3.93. The predicted molar refractivity (Wildman–Crippen MR) is 94.9 cm³/mol. The van der Waals surface area contributed by atoms with Crippen molar-refractivity contribution in [1.29, 1.82) is 0 Å². The van der Waals surface area contributed by atoms with E-state index >= 15 is 0 Å². The van der Waals surface area contributed by atoms with Gasteiger partial charge >= 0.3 is 6.01 Å². The Bertz CT molecular complexity index is 932. The molecule has 0 radical (unpaired) electrons. The van der Waals surface area contributed by atoms with E-state index in [0.29, 0.717) is 19.2 Å². The maximum absolute atomic E-state index is 5.66. The van der Waals surface area contributed by atoms with E-state index in [1.54, 1.807) is 7.11 Å². The summed E-state index contributed by atoms with van der Waals surface area (Å²) in [6.45, 7) is 2.89. The Balaban J connectivity index is 1.96. The summed E-state index contributed by atoms with van der Waals surface area (Å²) in [7, 11) is 1.66. The molecule has 6 nitrogen and oxygen atoms in total. The molecule has 6 heteroatoms. The van der Waals surface area contributed by atoms with E-state index in [1.807, 2.05) is 47.9 Å². The number of hydrogen-bond donors (Lipinski definition) is 0. The van der Waals surface area contributed by atoms with E-state index in [-0.39, 0.29) is 0 Å². The lowest BCUT2D eigenvalue weighted by Crippen LogP contribution is -2.09. The van der Waals surface area contributed by atoms with E-state index < -0.39 is 0 Å².